The van der Waals surface area contributed by atoms with E-state index in [0.717, 1.165) is 117 Å². The Labute approximate surface area is 359 Å². The van der Waals surface area contributed by atoms with Crippen LogP contribution in [0.3, 0.4) is 0 Å². The van der Waals surface area contributed by atoms with Crippen LogP contribution in [0.1, 0.15) is 0 Å². The molecule has 6 heterocycles. The summed E-state index contributed by atoms with van der Waals surface area (Å²) in [6, 6.07) is 57.0. The van der Waals surface area contributed by atoms with E-state index >= 15 is 0 Å². The highest BCUT2D eigenvalue weighted by Crippen LogP contribution is 2.44. The molecule has 7 aromatic carbocycles. The molecule has 0 fully saturated rings. The second-order valence-corrected chi connectivity index (χ2v) is 15.7. The van der Waals surface area contributed by atoms with Gasteiger partial charge >= 0.3 is 0 Å². The first-order chi connectivity index (χ1) is 31.2. The first kappa shape index (κ1) is 35.0. The zero-order valence-corrected chi connectivity index (χ0v) is 33.6. The molecular weight excluding hydrogens is 775 g/mol. The van der Waals surface area contributed by atoms with Gasteiger partial charge in [0.05, 0.1) is 35.7 Å². The number of nitrogens with zero attached hydrogens (tertiary/aromatic N) is 9. The average molecular weight is 808 g/mol. The van der Waals surface area contributed by atoms with E-state index in [4.69, 9.17) is 15.0 Å². The number of hydrogen-bond donors (Lipinski definition) is 0. The second kappa shape index (κ2) is 13.9. The van der Waals surface area contributed by atoms with Crippen molar-refractivity contribution in [1.29, 1.82) is 0 Å². The maximum absolute atomic E-state index is 5.71. The van der Waals surface area contributed by atoms with Crippen molar-refractivity contribution in [1.82, 2.24) is 43.6 Å². The first-order valence-corrected chi connectivity index (χ1v) is 20.8. The summed E-state index contributed by atoms with van der Waals surface area (Å²) in [5, 5.41) is 6.82. The molecule has 9 nitrogen and oxygen atoms in total. The molecule has 0 amide bonds. The van der Waals surface area contributed by atoms with Gasteiger partial charge in [-0.2, -0.15) is 0 Å². The van der Waals surface area contributed by atoms with E-state index in [0.29, 0.717) is 0 Å². The minimum atomic E-state index is 0.744. The molecule has 9 heteroatoms. The molecule has 13 rings (SSSR count). The summed E-state index contributed by atoms with van der Waals surface area (Å²) in [4.78, 5) is 31.1. The van der Waals surface area contributed by atoms with Gasteiger partial charge in [-0.3, -0.25) is 28.7 Å². The molecule has 0 N–H and O–H groups in total. The van der Waals surface area contributed by atoms with Crippen LogP contribution < -0.4 is 0 Å². The molecule has 0 saturated carbocycles. The topological polar surface area (TPSA) is 92.1 Å². The van der Waals surface area contributed by atoms with Gasteiger partial charge in [0.25, 0.3) is 0 Å². The van der Waals surface area contributed by atoms with Crippen LogP contribution >= 0.6 is 0 Å². The lowest BCUT2D eigenvalue weighted by Gasteiger charge is -2.12. The van der Waals surface area contributed by atoms with Gasteiger partial charge in [-0.15, -0.1) is 0 Å². The first-order valence-electron chi connectivity index (χ1n) is 20.8. The van der Waals surface area contributed by atoms with Crippen LogP contribution in [0.5, 0.6) is 0 Å². The highest BCUT2D eigenvalue weighted by atomic mass is 15.2. The fraction of sp³-hybridized carbons (Fsp3) is 0. The molecule has 13 aromatic rings. The maximum atomic E-state index is 5.71. The van der Waals surface area contributed by atoms with E-state index < -0.39 is 0 Å². The van der Waals surface area contributed by atoms with Crippen molar-refractivity contribution in [3.05, 3.63) is 201 Å². The van der Waals surface area contributed by atoms with E-state index in [1.165, 1.54) is 0 Å². The molecule has 0 bridgehead atoms. The third-order valence-corrected chi connectivity index (χ3v) is 12.0. The summed E-state index contributed by atoms with van der Waals surface area (Å²) in [6.45, 7) is 0. The molecule has 0 radical (unpaired) electrons. The lowest BCUT2D eigenvalue weighted by atomic mass is 10.1. The van der Waals surface area contributed by atoms with Crippen molar-refractivity contribution in [2.24, 2.45) is 0 Å². The van der Waals surface area contributed by atoms with Crippen LogP contribution in [0.2, 0.25) is 0 Å². The van der Waals surface area contributed by atoms with E-state index in [2.05, 4.69) is 174 Å². The fourth-order valence-corrected chi connectivity index (χ4v) is 9.19. The Balaban J connectivity index is 1.27. The van der Waals surface area contributed by atoms with Crippen molar-refractivity contribution in [2.45, 2.75) is 0 Å². The minimum absolute atomic E-state index is 0.744. The summed E-state index contributed by atoms with van der Waals surface area (Å²) in [7, 11) is 0. The van der Waals surface area contributed by atoms with Crippen molar-refractivity contribution in [3.8, 4) is 51.2 Å². The normalized spacial score (nSPS) is 11.8. The Kier molecular flexibility index (Phi) is 7.70. The van der Waals surface area contributed by atoms with E-state index in [9.17, 15) is 0 Å². The number of rotatable bonds is 6. The van der Waals surface area contributed by atoms with E-state index in [1.54, 1.807) is 18.6 Å². The molecule has 0 spiro atoms. The second-order valence-electron chi connectivity index (χ2n) is 15.7. The third-order valence-electron chi connectivity index (χ3n) is 12.0. The zero-order valence-electron chi connectivity index (χ0n) is 33.6. The number of hydrogen-bond acceptors (Lipinski definition) is 6. The largest absolute Gasteiger partial charge is 0.289 e. The van der Waals surface area contributed by atoms with Crippen LogP contribution in [0, 0.1) is 0 Å². The number of fused-ring (bicyclic) bond motifs is 9. The monoisotopic (exact) mass is 807 g/mol. The molecule has 0 atom stereocenters. The quantitative estimate of drug-likeness (QED) is 0.166. The summed E-state index contributed by atoms with van der Waals surface area (Å²) < 4.78 is 6.65. The van der Waals surface area contributed by atoms with Gasteiger partial charge < -0.3 is 0 Å². The molecule has 294 valence electrons. The number of pyridine rings is 3. The molecule has 63 heavy (non-hydrogen) atoms. The van der Waals surface area contributed by atoms with Crippen molar-refractivity contribution < 1.29 is 0 Å². The Bertz CT molecular complexity index is 3470. The van der Waals surface area contributed by atoms with Gasteiger partial charge in [-0.25, -0.2) is 15.0 Å². The average Bonchev–Trinajstić information content (AvgIpc) is 4.07. The van der Waals surface area contributed by atoms with Crippen molar-refractivity contribution in [2.75, 3.05) is 0 Å². The highest BCUT2D eigenvalue weighted by molar-refractivity contribution is 6.22. The van der Waals surface area contributed by atoms with Crippen LogP contribution in [-0.2, 0) is 0 Å². The van der Waals surface area contributed by atoms with Crippen LogP contribution in [0.25, 0.3) is 117 Å². The lowest BCUT2D eigenvalue weighted by molar-refractivity contribution is 1.08. The van der Waals surface area contributed by atoms with E-state index in [1.807, 2.05) is 36.8 Å². The predicted molar refractivity (Wildman–Crippen MR) is 253 cm³/mol. The minimum Gasteiger partial charge on any atom is -0.289 e. The van der Waals surface area contributed by atoms with Gasteiger partial charge in [-0.05, 0) is 86.9 Å². The van der Waals surface area contributed by atoms with Crippen molar-refractivity contribution in [3.63, 3.8) is 0 Å². The van der Waals surface area contributed by atoms with Gasteiger partial charge in [0.15, 0.2) is 0 Å². The Morgan fingerprint density at radius 3 is 0.873 bits per heavy atom. The Morgan fingerprint density at radius 1 is 0.286 bits per heavy atom. The van der Waals surface area contributed by atoms with Crippen LogP contribution in [-0.4, -0.2) is 43.6 Å². The Hall–Kier alpha value is -8.82. The summed E-state index contributed by atoms with van der Waals surface area (Å²) in [5.41, 5.74) is 10.2. The smallest absolute Gasteiger partial charge is 0.145 e. The van der Waals surface area contributed by atoms with E-state index in [-0.39, 0.29) is 0 Å². The van der Waals surface area contributed by atoms with Crippen LogP contribution in [0.15, 0.2) is 201 Å². The molecular formula is C54H33N9. The van der Waals surface area contributed by atoms with Gasteiger partial charge in [0.1, 0.15) is 50.6 Å². The predicted octanol–water partition coefficient (Wildman–Crippen LogP) is 12.3. The number of benzene rings is 7. The van der Waals surface area contributed by atoms with Crippen LogP contribution in [0.4, 0.5) is 0 Å². The summed E-state index contributed by atoms with van der Waals surface area (Å²) >= 11 is 0. The molecule has 0 saturated heterocycles. The summed E-state index contributed by atoms with van der Waals surface area (Å²) in [5.74, 6) is 2.27. The number of imidazole rings is 3. The SMILES string of the molecule is c1cncc(-n2c(-c3ccc4ccccc4c3)nc3c2c2nc(-c4ccc5ccccc5c4)n(-c4cccnc4)c2c2nc(-c4ccc5ccccc5c4)n(-c4cccnc4)c32)c1. The lowest BCUT2D eigenvalue weighted by Crippen LogP contribution is -2.00. The molecule has 0 aliphatic carbocycles. The van der Waals surface area contributed by atoms with Gasteiger partial charge in [-0.1, -0.05) is 109 Å². The third kappa shape index (κ3) is 5.50. The molecule has 6 aromatic heterocycles. The number of aromatic nitrogens is 9. The van der Waals surface area contributed by atoms with Gasteiger partial charge in [0, 0.05) is 35.3 Å². The molecule has 0 aliphatic heterocycles. The molecule has 0 aliphatic rings. The van der Waals surface area contributed by atoms with Crippen molar-refractivity contribution >= 4 is 65.4 Å². The standard InChI is InChI=1S/C54H33N9/c1-4-13-37-28-40(22-19-34(37)10-1)52-58-46-49(61(52)43-16-7-25-55-31-43)47-51(63(45-18-9-27-57-33-45)53(59-47)41-23-20-35-11-2-5-14-38(35)29-41)48-50(46)62(44-17-8-26-56-32-44)54(60-48)42-24-21-36-12-3-6-15-39(36)30-42/h1-33H. The Morgan fingerprint density at radius 2 is 0.587 bits per heavy atom. The maximum Gasteiger partial charge on any atom is 0.145 e. The zero-order chi connectivity index (χ0) is 41.4. The van der Waals surface area contributed by atoms with Gasteiger partial charge in [0.2, 0.25) is 0 Å². The summed E-state index contributed by atoms with van der Waals surface area (Å²) in [6.07, 6.45) is 11.1. The highest BCUT2D eigenvalue weighted by Gasteiger charge is 2.30. The molecule has 0 unspecified atom stereocenters. The fourth-order valence-electron chi connectivity index (χ4n) is 9.19.